The standard InChI is InChI=1S/C14H23N3O2S/c1-4-6-8-17(9-7-5-2)14(19)16-13(18)12-11(3)15-10-20-12/h10H,4-9H2,1-3H3,(H,16,18,19). The van der Waals surface area contributed by atoms with Crippen LogP contribution >= 0.6 is 11.3 Å². The predicted octanol–water partition coefficient (Wildman–Crippen LogP) is 3.20. The van der Waals surface area contributed by atoms with E-state index < -0.39 is 0 Å². The summed E-state index contributed by atoms with van der Waals surface area (Å²) < 4.78 is 0. The van der Waals surface area contributed by atoms with Gasteiger partial charge in [-0.1, -0.05) is 26.7 Å². The van der Waals surface area contributed by atoms with Crippen molar-refractivity contribution >= 4 is 23.3 Å². The molecule has 5 nitrogen and oxygen atoms in total. The van der Waals surface area contributed by atoms with Crippen molar-refractivity contribution in [3.8, 4) is 0 Å². The Hall–Kier alpha value is -1.43. The van der Waals surface area contributed by atoms with E-state index in [4.69, 9.17) is 0 Å². The Bertz CT molecular complexity index is 437. The van der Waals surface area contributed by atoms with Crippen molar-refractivity contribution in [2.24, 2.45) is 0 Å². The van der Waals surface area contributed by atoms with E-state index in [1.165, 1.54) is 11.3 Å². The number of aromatic nitrogens is 1. The van der Waals surface area contributed by atoms with Crippen LogP contribution in [0.4, 0.5) is 4.79 Å². The van der Waals surface area contributed by atoms with Crippen molar-refractivity contribution in [3.63, 3.8) is 0 Å². The van der Waals surface area contributed by atoms with Gasteiger partial charge in [-0.2, -0.15) is 0 Å². The molecule has 6 heteroatoms. The molecular weight excluding hydrogens is 274 g/mol. The lowest BCUT2D eigenvalue weighted by molar-refractivity contribution is 0.0954. The fourth-order valence-electron chi connectivity index (χ4n) is 1.77. The minimum Gasteiger partial charge on any atom is -0.324 e. The molecule has 1 aromatic heterocycles. The summed E-state index contributed by atoms with van der Waals surface area (Å²) in [6, 6.07) is -0.301. The van der Waals surface area contributed by atoms with Crippen molar-refractivity contribution < 1.29 is 9.59 Å². The van der Waals surface area contributed by atoms with E-state index in [-0.39, 0.29) is 11.9 Å². The summed E-state index contributed by atoms with van der Waals surface area (Å²) in [5.74, 6) is -0.354. The summed E-state index contributed by atoms with van der Waals surface area (Å²) in [7, 11) is 0. The first-order valence-electron chi connectivity index (χ1n) is 7.10. The van der Waals surface area contributed by atoms with Crippen LogP contribution in [0.5, 0.6) is 0 Å². The molecule has 0 bridgehead atoms. The fraction of sp³-hybridized carbons (Fsp3) is 0.643. The number of nitrogens with one attached hydrogen (secondary N) is 1. The number of carbonyl (C=O) groups is 2. The molecule has 0 aliphatic rings. The van der Waals surface area contributed by atoms with Crippen molar-refractivity contribution in [1.82, 2.24) is 15.2 Å². The number of thiazole rings is 1. The van der Waals surface area contributed by atoms with Gasteiger partial charge in [0.15, 0.2) is 0 Å². The normalized spacial score (nSPS) is 10.3. The minimum absolute atomic E-state index is 0.301. The van der Waals surface area contributed by atoms with Crippen LogP contribution < -0.4 is 5.32 Å². The van der Waals surface area contributed by atoms with Crippen LogP contribution in [0.1, 0.15) is 54.9 Å². The smallest absolute Gasteiger partial charge is 0.324 e. The van der Waals surface area contributed by atoms with Crippen LogP contribution in [0.3, 0.4) is 0 Å². The summed E-state index contributed by atoms with van der Waals surface area (Å²) in [6.45, 7) is 7.32. The van der Waals surface area contributed by atoms with Crippen LogP contribution in [0.2, 0.25) is 0 Å². The third kappa shape index (κ3) is 4.92. The van der Waals surface area contributed by atoms with E-state index in [0.29, 0.717) is 23.7 Å². The molecular formula is C14H23N3O2S. The Morgan fingerprint density at radius 1 is 1.25 bits per heavy atom. The SMILES string of the molecule is CCCCN(CCCC)C(=O)NC(=O)c1scnc1C. The summed E-state index contributed by atoms with van der Waals surface area (Å²) in [6.07, 6.45) is 3.95. The molecule has 0 radical (unpaired) electrons. The van der Waals surface area contributed by atoms with Crippen LogP contribution in [0.15, 0.2) is 5.51 Å². The highest BCUT2D eigenvalue weighted by atomic mass is 32.1. The largest absolute Gasteiger partial charge is 0.324 e. The molecule has 0 atom stereocenters. The predicted molar refractivity (Wildman–Crippen MR) is 81.1 cm³/mol. The zero-order chi connectivity index (χ0) is 15.0. The number of aryl methyl sites for hydroxylation is 1. The van der Waals surface area contributed by atoms with Crippen LogP contribution in [-0.2, 0) is 0 Å². The van der Waals surface area contributed by atoms with Crippen LogP contribution in [0, 0.1) is 6.92 Å². The molecule has 0 fully saturated rings. The van der Waals surface area contributed by atoms with Gasteiger partial charge in [0.2, 0.25) is 0 Å². The lowest BCUT2D eigenvalue weighted by Crippen LogP contribution is -2.43. The van der Waals surface area contributed by atoms with Gasteiger partial charge in [-0.05, 0) is 19.8 Å². The Labute approximate surface area is 124 Å². The maximum Gasteiger partial charge on any atom is 0.324 e. The number of urea groups is 1. The second-order valence-corrected chi connectivity index (χ2v) is 5.58. The highest BCUT2D eigenvalue weighted by Crippen LogP contribution is 2.11. The van der Waals surface area contributed by atoms with Crippen molar-refractivity contribution in [3.05, 3.63) is 16.1 Å². The maximum atomic E-state index is 12.2. The fourth-order valence-corrected chi connectivity index (χ4v) is 2.46. The Kier molecular flexibility index (Phi) is 7.22. The van der Waals surface area contributed by atoms with Gasteiger partial charge in [0, 0.05) is 13.1 Å². The first-order chi connectivity index (χ1) is 9.60. The first kappa shape index (κ1) is 16.6. The zero-order valence-electron chi connectivity index (χ0n) is 12.4. The monoisotopic (exact) mass is 297 g/mol. The van der Waals surface area contributed by atoms with Crippen molar-refractivity contribution in [2.45, 2.75) is 46.5 Å². The Morgan fingerprint density at radius 2 is 1.85 bits per heavy atom. The lowest BCUT2D eigenvalue weighted by atomic mass is 10.3. The highest BCUT2D eigenvalue weighted by Gasteiger charge is 2.18. The van der Waals surface area contributed by atoms with E-state index >= 15 is 0 Å². The number of carbonyl (C=O) groups excluding carboxylic acids is 2. The molecule has 20 heavy (non-hydrogen) atoms. The van der Waals surface area contributed by atoms with Gasteiger partial charge in [0.05, 0.1) is 11.2 Å². The zero-order valence-corrected chi connectivity index (χ0v) is 13.3. The molecule has 1 N–H and O–H groups in total. The minimum atomic E-state index is -0.354. The third-order valence-electron chi connectivity index (χ3n) is 3.02. The van der Waals surface area contributed by atoms with Gasteiger partial charge in [-0.15, -0.1) is 11.3 Å². The molecule has 0 aromatic carbocycles. The number of rotatable bonds is 7. The molecule has 1 rings (SSSR count). The average Bonchev–Trinajstić information content (AvgIpc) is 2.85. The maximum absolute atomic E-state index is 12.2. The van der Waals surface area contributed by atoms with Crippen molar-refractivity contribution in [2.75, 3.05) is 13.1 Å². The van der Waals surface area contributed by atoms with Crippen molar-refractivity contribution in [1.29, 1.82) is 0 Å². The van der Waals surface area contributed by atoms with E-state index in [2.05, 4.69) is 24.1 Å². The number of unbranched alkanes of at least 4 members (excludes halogenated alkanes) is 2. The number of hydrogen-bond acceptors (Lipinski definition) is 4. The number of imide groups is 1. The second-order valence-electron chi connectivity index (χ2n) is 4.72. The van der Waals surface area contributed by atoms with E-state index in [0.717, 1.165) is 25.7 Å². The van der Waals surface area contributed by atoms with Gasteiger partial charge < -0.3 is 4.90 Å². The molecule has 0 saturated carbocycles. The lowest BCUT2D eigenvalue weighted by Gasteiger charge is -2.22. The van der Waals surface area contributed by atoms with Crippen LogP contribution in [0.25, 0.3) is 0 Å². The topological polar surface area (TPSA) is 62.3 Å². The number of nitrogens with zero attached hydrogens (tertiary/aromatic N) is 2. The third-order valence-corrected chi connectivity index (χ3v) is 3.95. The van der Waals surface area contributed by atoms with E-state index in [9.17, 15) is 9.59 Å². The van der Waals surface area contributed by atoms with E-state index in [1.54, 1.807) is 17.3 Å². The molecule has 0 aliphatic heterocycles. The quantitative estimate of drug-likeness (QED) is 0.840. The molecule has 0 aliphatic carbocycles. The van der Waals surface area contributed by atoms with E-state index in [1.807, 2.05) is 0 Å². The molecule has 0 saturated heterocycles. The van der Waals surface area contributed by atoms with Gasteiger partial charge in [0.1, 0.15) is 4.88 Å². The summed E-state index contributed by atoms with van der Waals surface area (Å²) in [5.41, 5.74) is 2.27. The number of amides is 3. The highest BCUT2D eigenvalue weighted by molar-refractivity contribution is 7.11. The van der Waals surface area contributed by atoms with Gasteiger partial charge >= 0.3 is 6.03 Å². The first-order valence-corrected chi connectivity index (χ1v) is 7.98. The van der Waals surface area contributed by atoms with Gasteiger partial charge in [-0.3, -0.25) is 10.1 Å². The average molecular weight is 297 g/mol. The van der Waals surface area contributed by atoms with Crippen LogP contribution in [-0.4, -0.2) is 34.9 Å². The molecule has 1 heterocycles. The summed E-state index contributed by atoms with van der Waals surface area (Å²) >= 11 is 1.25. The molecule has 0 unspecified atom stereocenters. The van der Waals surface area contributed by atoms with Gasteiger partial charge in [-0.25, -0.2) is 9.78 Å². The Balaban J connectivity index is 2.60. The second kappa shape index (κ2) is 8.68. The Morgan fingerprint density at radius 3 is 2.30 bits per heavy atom. The molecule has 0 spiro atoms. The molecule has 1 aromatic rings. The number of hydrogen-bond donors (Lipinski definition) is 1. The molecule has 3 amide bonds. The summed E-state index contributed by atoms with van der Waals surface area (Å²) in [4.78, 5) is 30.4. The summed E-state index contributed by atoms with van der Waals surface area (Å²) in [5, 5.41) is 2.46. The molecule has 112 valence electrons. The van der Waals surface area contributed by atoms with Gasteiger partial charge in [0.25, 0.3) is 5.91 Å².